The minimum atomic E-state index is -0.112. The number of hydrogen-bond donors (Lipinski definition) is 2. The summed E-state index contributed by atoms with van der Waals surface area (Å²) in [7, 11) is 0. The SMILES string of the molecule is CC(C)(C)CC(=O)NCC(=O)NCCC1CCc2ccccc21. The number of rotatable bonds is 6. The highest BCUT2D eigenvalue weighted by atomic mass is 16.2. The molecule has 126 valence electrons. The van der Waals surface area contributed by atoms with E-state index in [0.29, 0.717) is 18.9 Å². The van der Waals surface area contributed by atoms with E-state index < -0.39 is 0 Å². The molecule has 1 aliphatic rings. The summed E-state index contributed by atoms with van der Waals surface area (Å²) in [6.45, 7) is 6.74. The van der Waals surface area contributed by atoms with Gasteiger partial charge >= 0.3 is 0 Å². The smallest absolute Gasteiger partial charge is 0.239 e. The van der Waals surface area contributed by atoms with E-state index in [1.165, 1.54) is 11.1 Å². The Hall–Kier alpha value is -1.84. The second-order valence-corrected chi connectivity index (χ2v) is 7.59. The van der Waals surface area contributed by atoms with Gasteiger partial charge in [-0.3, -0.25) is 9.59 Å². The summed E-state index contributed by atoms with van der Waals surface area (Å²) >= 11 is 0. The molecule has 0 heterocycles. The third-order valence-electron chi connectivity index (χ3n) is 4.21. The van der Waals surface area contributed by atoms with Crippen molar-refractivity contribution >= 4 is 11.8 Å². The van der Waals surface area contributed by atoms with Crippen molar-refractivity contribution in [3.8, 4) is 0 Å². The van der Waals surface area contributed by atoms with Crippen molar-refractivity contribution in [1.82, 2.24) is 10.6 Å². The Morgan fingerprint density at radius 3 is 2.61 bits per heavy atom. The van der Waals surface area contributed by atoms with E-state index >= 15 is 0 Å². The first-order chi connectivity index (χ1) is 10.8. The second kappa shape index (κ2) is 7.62. The van der Waals surface area contributed by atoms with E-state index in [4.69, 9.17) is 0 Å². The van der Waals surface area contributed by atoms with Crippen LogP contribution in [0, 0.1) is 5.41 Å². The fourth-order valence-corrected chi connectivity index (χ4v) is 3.12. The monoisotopic (exact) mass is 316 g/mol. The van der Waals surface area contributed by atoms with Crippen molar-refractivity contribution < 1.29 is 9.59 Å². The topological polar surface area (TPSA) is 58.2 Å². The van der Waals surface area contributed by atoms with Crippen LogP contribution in [0.25, 0.3) is 0 Å². The molecule has 4 nitrogen and oxygen atoms in total. The maximum Gasteiger partial charge on any atom is 0.239 e. The molecular weight excluding hydrogens is 288 g/mol. The number of nitrogens with one attached hydrogen (secondary N) is 2. The van der Waals surface area contributed by atoms with Crippen molar-refractivity contribution in [3.05, 3.63) is 35.4 Å². The Bertz CT molecular complexity index is 561. The summed E-state index contributed by atoms with van der Waals surface area (Å²) in [6, 6.07) is 8.56. The lowest BCUT2D eigenvalue weighted by molar-refractivity contribution is -0.127. The Balaban J connectivity index is 1.65. The molecule has 1 unspecified atom stereocenters. The highest BCUT2D eigenvalue weighted by molar-refractivity contribution is 5.84. The van der Waals surface area contributed by atoms with Crippen LogP contribution in [0.15, 0.2) is 24.3 Å². The maximum absolute atomic E-state index is 11.8. The van der Waals surface area contributed by atoms with E-state index in [1.807, 2.05) is 20.8 Å². The molecule has 0 saturated carbocycles. The van der Waals surface area contributed by atoms with Crippen molar-refractivity contribution in [3.63, 3.8) is 0 Å². The number of carbonyl (C=O) groups excluding carboxylic acids is 2. The zero-order valence-corrected chi connectivity index (χ0v) is 14.4. The van der Waals surface area contributed by atoms with Gasteiger partial charge in [0.25, 0.3) is 0 Å². The molecule has 2 amide bonds. The van der Waals surface area contributed by atoms with Gasteiger partial charge in [0, 0.05) is 13.0 Å². The Kier molecular flexibility index (Phi) is 5.80. The third-order valence-corrected chi connectivity index (χ3v) is 4.21. The fraction of sp³-hybridized carbons (Fsp3) is 0.579. The molecule has 4 heteroatoms. The molecule has 23 heavy (non-hydrogen) atoms. The minimum absolute atomic E-state index is 0.0591. The molecule has 1 atom stereocenters. The number of fused-ring (bicyclic) bond motifs is 1. The zero-order valence-electron chi connectivity index (χ0n) is 14.4. The van der Waals surface area contributed by atoms with E-state index in [-0.39, 0.29) is 23.8 Å². The minimum Gasteiger partial charge on any atom is -0.355 e. The molecule has 1 aromatic rings. The predicted molar refractivity (Wildman–Crippen MR) is 92.2 cm³/mol. The molecule has 0 aliphatic heterocycles. The molecule has 1 aromatic carbocycles. The molecule has 1 aliphatic carbocycles. The van der Waals surface area contributed by atoms with E-state index in [1.54, 1.807) is 0 Å². The van der Waals surface area contributed by atoms with Gasteiger partial charge in [0.2, 0.25) is 11.8 Å². The first-order valence-electron chi connectivity index (χ1n) is 8.46. The van der Waals surface area contributed by atoms with Crippen molar-refractivity contribution in [1.29, 1.82) is 0 Å². The summed E-state index contributed by atoms with van der Waals surface area (Å²) in [6.07, 6.45) is 3.69. The Labute approximate surface area is 139 Å². The summed E-state index contributed by atoms with van der Waals surface area (Å²) in [4.78, 5) is 23.5. The molecule has 0 radical (unpaired) electrons. The van der Waals surface area contributed by atoms with Gasteiger partial charge < -0.3 is 10.6 Å². The van der Waals surface area contributed by atoms with E-state index in [0.717, 1.165) is 19.3 Å². The molecule has 0 aromatic heterocycles. The first kappa shape index (κ1) is 17.5. The highest BCUT2D eigenvalue weighted by Gasteiger charge is 2.21. The average Bonchev–Trinajstić information content (AvgIpc) is 2.87. The quantitative estimate of drug-likeness (QED) is 0.848. The van der Waals surface area contributed by atoms with Crippen LogP contribution in [0.4, 0.5) is 0 Å². The van der Waals surface area contributed by atoms with Gasteiger partial charge in [-0.05, 0) is 41.7 Å². The molecule has 0 saturated heterocycles. The van der Waals surface area contributed by atoms with Crippen molar-refractivity contribution in [2.75, 3.05) is 13.1 Å². The highest BCUT2D eigenvalue weighted by Crippen LogP contribution is 2.34. The number of carbonyl (C=O) groups is 2. The van der Waals surface area contributed by atoms with Crippen molar-refractivity contribution in [2.24, 2.45) is 5.41 Å². The molecule has 2 N–H and O–H groups in total. The summed E-state index contributed by atoms with van der Waals surface area (Å²) in [5, 5.41) is 5.59. The number of hydrogen-bond acceptors (Lipinski definition) is 2. The lowest BCUT2D eigenvalue weighted by Crippen LogP contribution is -2.38. The largest absolute Gasteiger partial charge is 0.355 e. The lowest BCUT2D eigenvalue weighted by atomic mass is 9.92. The third kappa shape index (κ3) is 5.70. The molecule has 2 rings (SSSR count). The zero-order chi connectivity index (χ0) is 16.9. The van der Waals surface area contributed by atoms with Crippen LogP contribution in [0.2, 0.25) is 0 Å². The van der Waals surface area contributed by atoms with Gasteiger partial charge in [0.15, 0.2) is 0 Å². The van der Waals surface area contributed by atoms with Crippen molar-refractivity contribution in [2.45, 2.75) is 52.4 Å². The van der Waals surface area contributed by atoms with Crippen LogP contribution < -0.4 is 10.6 Å². The molecule has 0 fully saturated rings. The van der Waals surface area contributed by atoms with E-state index in [9.17, 15) is 9.59 Å². The molecule has 0 spiro atoms. The molecular formula is C19H28N2O2. The van der Waals surface area contributed by atoms with Crippen LogP contribution in [0.5, 0.6) is 0 Å². The van der Waals surface area contributed by atoms with Gasteiger partial charge in [-0.15, -0.1) is 0 Å². The van der Waals surface area contributed by atoms with Gasteiger partial charge in [-0.2, -0.15) is 0 Å². The van der Waals surface area contributed by atoms with Crippen LogP contribution in [-0.2, 0) is 16.0 Å². The second-order valence-electron chi connectivity index (χ2n) is 7.59. The van der Waals surface area contributed by atoms with Crippen LogP contribution in [-0.4, -0.2) is 24.9 Å². The van der Waals surface area contributed by atoms with Gasteiger partial charge in [-0.25, -0.2) is 0 Å². The fourth-order valence-electron chi connectivity index (χ4n) is 3.12. The van der Waals surface area contributed by atoms with Crippen LogP contribution in [0.3, 0.4) is 0 Å². The maximum atomic E-state index is 11.8. The summed E-state index contributed by atoms with van der Waals surface area (Å²) in [5.74, 6) is 0.359. The lowest BCUT2D eigenvalue weighted by Gasteiger charge is -2.17. The molecule has 0 bridgehead atoms. The number of aryl methyl sites for hydroxylation is 1. The first-order valence-corrected chi connectivity index (χ1v) is 8.46. The van der Waals surface area contributed by atoms with Crippen LogP contribution in [0.1, 0.15) is 57.1 Å². The number of benzene rings is 1. The van der Waals surface area contributed by atoms with Gasteiger partial charge in [-0.1, -0.05) is 45.0 Å². The van der Waals surface area contributed by atoms with Gasteiger partial charge in [0.1, 0.15) is 0 Å². The summed E-state index contributed by atoms with van der Waals surface area (Å²) in [5.41, 5.74) is 2.81. The van der Waals surface area contributed by atoms with Crippen LogP contribution >= 0.6 is 0 Å². The normalized spacial score (nSPS) is 16.7. The van der Waals surface area contributed by atoms with Gasteiger partial charge in [0.05, 0.1) is 6.54 Å². The standard InChI is InChI=1S/C19H28N2O2/c1-19(2,3)12-17(22)21-13-18(23)20-11-10-15-9-8-14-6-4-5-7-16(14)15/h4-7,15H,8-13H2,1-3H3,(H,20,23)(H,21,22). The Morgan fingerprint density at radius 2 is 1.87 bits per heavy atom. The summed E-state index contributed by atoms with van der Waals surface area (Å²) < 4.78 is 0. The van der Waals surface area contributed by atoms with E-state index in [2.05, 4.69) is 34.9 Å². The predicted octanol–water partition coefficient (Wildman–Crippen LogP) is 2.78. The Morgan fingerprint density at radius 1 is 1.13 bits per heavy atom. The average molecular weight is 316 g/mol. The number of amides is 2.